The van der Waals surface area contributed by atoms with Crippen LogP contribution in [0, 0.1) is 0 Å². The van der Waals surface area contributed by atoms with Gasteiger partial charge in [-0.15, -0.1) is 0 Å². The zero-order valence-corrected chi connectivity index (χ0v) is 16.4. The predicted molar refractivity (Wildman–Crippen MR) is 106 cm³/mol. The number of aromatic nitrogens is 3. The van der Waals surface area contributed by atoms with Crippen LogP contribution >= 0.6 is 0 Å². The zero-order valence-electron chi connectivity index (χ0n) is 16.4. The molecule has 3 heterocycles. The first kappa shape index (κ1) is 17.8. The fourth-order valence-electron chi connectivity index (χ4n) is 4.20. The van der Waals surface area contributed by atoms with E-state index < -0.39 is 0 Å². The molecule has 1 unspecified atom stereocenters. The summed E-state index contributed by atoms with van der Waals surface area (Å²) in [5.41, 5.74) is 4.14. The Morgan fingerprint density at radius 1 is 1.26 bits per heavy atom. The fourth-order valence-corrected chi connectivity index (χ4v) is 4.20. The summed E-state index contributed by atoms with van der Waals surface area (Å²) < 4.78 is 1.94. The van der Waals surface area contributed by atoms with Gasteiger partial charge < -0.3 is 10.6 Å². The molecular weight excluding hydrogens is 338 g/mol. The molecule has 0 bridgehead atoms. The van der Waals surface area contributed by atoms with Gasteiger partial charge in [0.15, 0.2) is 0 Å². The highest BCUT2D eigenvalue weighted by Crippen LogP contribution is 2.39. The molecule has 0 saturated carbocycles. The van der Waals surface area contributed by atoms with Crippen molar-refractivity contribution in [2.75, 3.05) is 5.32 Å². The van der Waals surface area contributed by atoms with Gasteiger partial charge in [0.25, 0.3) is 5.91 Å². The van der Waals surface area contributed by atoms with Gasteiger partial charge in [-0.1, -0.05) is 17.2 Å². The molecule has 1 aliphatic heterocycles. The van der Waals surface area contributed by atoms with Crippen molar-refractivity contribution in [1.29, 1.82) is 0 Å². The van der Waals surface area contributed by atoms with Crippen molar-refractivity contribution in [2.45, 2.75) is 64.6 Å². The van der Waals surface area contributed by atoms with Crippen LogP contribution in [-0.2, 0) is 5.54 Å². The first-order valence-corrected chi connectivity index (χ1v) is 9.57. The van der Waals surface area contributed by atoms with Gasteiger partial charge >= 0.3 is 0 Å². The lowest BCUT2D eigenvalue weighted by molar-refractivity contribution is 0.0939. The summed E-state index contributed by atoms with van der Waals surface area (Å²) in [4.78, 5) is 17.5. The van der Waals surface area contributed by atoms with Crippen molar-refractivity contribution >= 4 is 11.7 Å². The maximum Gasteiger partial charge on any atom is 0.256 e. The third-order valence-corrected chi connectivity index (χ3v) is 5.82. The zero-order chi connectivity index (χ0) is 19.2. The molecule has 6 nitrogen and oxygen atoms in total. The SMILES string of the molecule is CC1=C(C)CC(NC(=O)c2cnn3c2NC(c2ccccn2)CC3(C)C)C1. The Balaban J connectivity index is 1.59. The van der Waals surface area contributed by atoms with E-state index in [2.05, 4.69) is 48.4 Å². The highest BCUT2D eigenvalue weighted by atomic mass is 16.1. The van der Waals surface area contributed by atoms with Crippen LogP contribution in [0.2, 0.25) is 0 Å². The average Bonchev–Trinajstić information content (AvgIpc) is 3.19. The molecule has 0 fully saturated rings. The summed E-state index contributed by atoms with van der Waals surface area (Å²) in [5.74, 6) is 0.715. The second-order valence-electron chi connectivity index (χ2n) is 8.43. The number of fused-ring (bicyclic) bond motifs is 1. The van der Waals surface area contributed by atoms with E-state index in [4.69, 9.17) is 0 Å². The van der Waals surface area contributed by atoms with Gasteiger partial charge in [-0.05, 0) is 59.1 Å². The fraction of sp³-hybridized carbons (Fsp3) is 0.476. The van der Waals surface area contributed by atoms with Crippen LogP contribution in [0.3, 0.4) is 0 Å². The molecular formula is C21H27N5O. The summed E-state index contributed by atoms with van der Waals surface area (Å²) in [6, 6.07) is 6.16. The minimum Gasteiger partial charge on any atom is -0.361 e. The molecule has 2 aliphatic rings. The van der Waals surface area contributed by atoms with E-state index in [9.17, 15) is 4.79 Å². The number of carbonyl (C=O) groups is 1. The summed E-state index contributed by atoms with van der Waals surface area (Å²) in [7, 11) is 0. The number of pyridine rings is 1. The third-order valence-electron chi connectivity index (χ3n) is 5.82. The van der Waals surface area contributed by atoms with Crippen LogP contribution in [0.25, 0.3) is 0 Å². The number of amides is 1. The smallest absolute Gasteiger partial charge is 0.256 e. The Bertz CT molecular complexity index is 883. The van der Waals surface area contributed by atoms with Crippen molar-refractivity contribution in [3.8, 4) is 0 Å². The van der Waals surface area contributed by atoms with E-state index in [1.54, 1.807) is 12.4 Å². The minimum absolute atomic E-state index is 0.0505. The summed E-state index contributed by atoms with van der Waals surface area (Å²) >= 11 is 0. The van der Waals surface area contributed by atoms with Crippen molar-refractivity contribution in [3.63, 3.8) is 0 Å². The molecule has 0 saturated heterocycles. The standard InChI is InChI=1S/C21H27N5O/c1-13-9-15(10-14(13)2)24-20(27)16-12-23-26-19(16)25-18(11-21(26,3)4)17-7-5-6-8-22-17/h5-8,12,15,18,25H,9-11H2,1-4H3,(H,24,27). The second kappa shape index (κ2) is 6.51. The van der Waals surface area contributed by atoms with Gasteiger partial charge in [0.1, 0.15) is 11.4 Å². The molecule has 1 amide bonds. The van der Waals surface area contributed by atoms with Crippen LogP contribution < -0.4 is 10.6 Å². The minimum atomic E-state index is -0.205. The summed E-state index contributed by atoms with van der Waals surface area (Å²) in [6.07, 6.45) is 6.20. The maximum absolute atomic E-state index is 13.0. The highest BCUT2D eigenvalue weighted by Gasteiger charge is 2.37. The van der Waals surface area contributed by atoms with Gasteiger partial charge in [-0.3, -0.25) is 9.78 Å². The number of hydrogen-bond acceptors (Lipinski definition) is 4. The molecule has 6 heteroatoms. The number of rotatable bonds is 3. The van der Waals surface area contributed by atoms with Gasteiger partial charge in [-0.2, -0.15) is 5.10 Å². The Labute approximate surface area is 160 Å². The molecule has 142 valence electrons. The summed E-state index contributed by atoms with van der Waals surface area (Å²) in [6.45, 7) is 8.58. The number of hydrogen-bond donors (Lipinski definition) is 2. The molecule has 27 heavy (non-hydrogen) atoms. The molecule has 0 aromatic carbocycles. The van der Waals surface area contributed by atoms with Crippen LogP contribution in [-0.4, -0.2) is 26.7 Å². The molecule has 2 aromatic rings. The van der Waals surface area contributed by atoms with E-state index in [1.807, 2.05) is 22.9 Å². The predicted octanol–water partition coefficient (Wildman–Crippen LogP) is 3.80. The van der Waals surface area contributed by atoms with Crippen LogP contribution in [0.15, 0.2) is 41.7 Å². The first-order valence-electron chi connectivity index (χ1n) is 9.57. The van der Waals surface area contributed by atoms with E-state index in [0.29, 0.717) is 5.56 Å². The molecule has 4 rings (SSSR count). The average molecular weight is 365 g/mol. The Morgan fingerprint density at radius 2 is 2.00 bits per heavy atom. The Hall–Kier alpha value is -2.63. The van der Waals surface area contributed by atoms with E-state index >= 15 is 0 Å². The van der Waals surface area contributed by atoms with Crippen molar-refractivity contribution < 1.29 is 4.79 Å². The molecule has 2 N–H and O–H groups in total. The third kappa shape index (κ3) is 3.24. The molecule has 1 atom stereocenters. The lowest BCUT2D eigenvalue weighted by Crippen LogP contribution is -2.39. The maximum atomic E-state index is 13.0. The van der Waals surface area contributed by atoms with Crippen molar-refractivity contribution in [3.05, 3.63) is 53.0 Å². The molecule has 0 radical (unpaired) electrons. The van der Waals surface area contributed by atoms with Gasteiger partial charge in [0.2, 0.25) is 0 Å². The van der Waals surface area contributed by atoms with Gasteiger partial charge in [0.05, 0.1) is 23.5 Å². The van der Waals surface area contributed by atoms with E-state index in [-0.39, 0.29) is 23.5 Å². The number of nitrogens with one attached hydrogen (secondary N) is 2. The summed E-state index contributed by atoms with van der Waals surface area (Å²) in [5, 5.41) is 11.2. The largest absolute Gasteiger partial charge is 0.361 e. The van der Waals surface area contributed by atoms with Crippen LogP contribution in [0.4, 0.5) is 5.82 Å². The number of carbonyl (C=O) groups excluding carboxylic acids is 1. The normalized spacial score (nSPS) is 21.7. The van der Waals surface area contributed by atoms with Gasteiger partial charge in [0, 0.05) is 12.2 Å². The lowest BCUT2D eigenvalue weighted by atomic mass is 9.91. The highest BCUT2D eigenvalue weighted by molar-refractivity contribution is 5.99. The quantitative estimate of drug-likeness (QED) is 0.812. The second-order valence-corrected chi connectivity index (χ2v) is 8.43. The lowest BCUT2D eigenvalue weighted by Gasteiger charge is -2.38. The Kier molecular flexibility index (Phi) is 4.29. The van der Waals surface area contributed by atoms with E-state index in [0.717, 1.165) is 30.8 Å². The number of anilines is 1. The molecule has 2 aromatic heterocycles. The Morgan fingerprint density at radius 3 is 2.67 bits per heavy atom. The van der Waals surface area contributed by atoms with Crippen molar-refractivity contribution in [1.82, 2.24) is 20.1 Å². The van der Waals surface area contributed by atoms with E-state index in [1.165, 1.54) is 11.1 Å². The van der Waals surface area contributed by atoms with Gasteiger partial charge in [-0.25, -0.2) is 4.68 Å². The molecule has 0 spiro atoms. The number of nitrogens with zero attached hydrogens (tertiary/aromatic N) is 3. The monoisotopic (exact) mass is 365 g/mol. The van der Waals surface area contributed by atoms with Crippen LogP contribution in [0.5, 0.6) is 0 Å². The van der Waals surface area contributed by atoms with Crippen molar-refractivity contribution in [2.24, 2.45) is 0 Å². The molecule has 1 aliphatic carbocycles. The topological polar surface area (TPSA) is 71.8 Å². The first-order chi connectivity index (χ1) is 12.8. The van der Waals surface area contributed by atoms with Crippen LogP contribution in [0.1, 0.15) is 69.1 Å².